The molecule has 3 aromatic rings. The molecule has 2 amide bonds. The molecule has 0 bridgehead atoms. The lowest BCUT2D eigenvalue weighted by Crippen LogP contribution is -2.39. The first kappa shape index (κ1) is 24.1. The monoisotopic (exact) mass is 485 g/mol. The fourth-order valence-electron chi connectivity index (χ4n) is 4.37. The van der Waals surface area contributed by atoms with E-state index in [1.807, 2.05) is 13.0 Å². The molecule has 1 saturated carbocycles. The Bertz CT molecular complexity index is 1240. The molecule has 4 rings (SSSR count). The van der Waals surface area contributed by atoms with Gasteiger partial charge in [0.05, 0.1) is 22.6 Å². The molecule has 0 radical (unpaired) electrons. The molecule has 180 valence electrons. The summed E-state index contributed by atoms with van der Waals surface area (Å²) in [5.41, 5.74) is 3.06. The number of halogens is 2. The molecule has 7 nitrogen and oxygen atoms in total. The summed E-state index contributed by atoms with van der Waals surface area (Å²) < 4.78 is 15.0. The Morgan fingerprint density at radius 2 is 1.85 bits per heavy atom. The minimum atomic E-state index is -0.453. The van der Waals surface area contributed by atoms with E-state index in [0.717, 1.165) is 11.4 Å². The van der Waals surface area contributed by atoms with Gasteiger partial charge in [-0.2, -0.15) is 5.10 Å². The summed E-state index contributed by atoms with van der Waals surface area (Å²) in [6.45, 7) is 8.21. The van der Waals surface area contributed by atoms with Gasteiger partial charge < -0.3 is 10.6 Å². The van der Waals surface area contributed by atoms with E-state index in [-0.39, 0.29) is 34.2 Å². The van der Waals surface area contributed by atoms with Crippen LogP contribution in [0.5, 0.6) is 0 Å². The maximum Gasteiger partial charge on any atom is 0.256 e. The summed E-state index contributed by atoms with van der Waals surface area (Å²) in [4.78, 5) is 30.3. The fraction of sp³-hybridized carbons (Fsp3) is 0.440. The molecule has 0 spiro atoms. The second kappa shape index (κ2) is 9.33. The highest BCUT2D eigenvalue weighted by Crippen LogP contribution is 2.29. The van der Waals surface area contributed by atoms with E-state index in [0.29, 0.717) is 42.6 Å². The van der Waals surface area contributed by atoms with Crippen molar-refractivity contribution in [1.29, 1.82) is 0 Å². The van der Waals surface area contributed by atoms with E-state index in [1.165, 1.54) is 18.2 Å². The van der Waals surface area contributed by atoms with Gasteiger partial charge in [0.25, 0.3) is 5.91 Å². The van der Waals surface area contributed by atoms with Crippen LogP contribution in [-0.4, -0.2) is 32.5 Å². The van der Waals surface area contributed by atoms with E-state index in [4.69, 9.17) is 11.6 Å². The number of carbonyl (C=O) groups excluding carboxylic acids is 2. The number of aromatic nitrogens is 3. The number of rotatable bonds is 4. The van der Waals surface area contributed by atoms with Crippen LogP contribution in [0.3, 0.4) is 0 Å². The number of amides is 2. The van der Waals surface area contributed by atoms with Crippen LogP contribution in [0.15, 0.2) is 30.5 Å². The zero-order valence-electron chi connectivity index (χ0n) is 19.8. The van der Waals surface area contributed by atoms with Gasteiger partial charge in [-0.15, -0.1) is 0 Å². The van der Waals surface area contributed by atoms with Crippen molar-refractivity contribution >= 4 is 34.7 Å². The summed E-state index contributed by atoms with van der Waals surface area (Å²) in [6.07, 6.45) is 4.20. The molecule has 0 atom stereocenters. The third-order valence-corrected chi connectivity index (χ3v) is 6.55. The molecule has 2 heterocycles. The number of fused-ring (bicyclic) bond motifs is 1. The molecular formula is C25H29ClFN5O2. The Morgan fingerprint density at radius 3 is 2.50 bits per heavy atom. The van der Waals surface area contributed by atoms with Crippen LogP contribution in [0.25, 0.3) is 5.65 Å². The number of carbonyl (C=O) groups is 2. The van der Waals surface area contributed by atoms with Gasteiger partial charge in [-0.3, -0.25) is 9.59 Å². The van der Waals surface area contributed by atoms with Crippen LogP contribution in [-0.2, 0) is 10.2 Å². The van der Waals surface area contributed by atoms with E-state index in [2.05, 4.69) is 41.5 Å². The summed E-state index contributed by atoms with van der Waals surface area (Å²) in [7, 11) is 0. The van der Waals surface area contributed by atoms with Crippen LogP contribution in [0, 0.1) is 18.7 Å². The molecule has 1 aromatic carbocycles. The van der Waals surface area contributed by atoms with Crippen molar-refractivity contribution in [2.24, 2.45) is 5.92 Å². The Morgan fingerprint density at radius 1 is 1.15 bits per heavy atom. The normalized spacial score (nSPS) is 18.6. The second-order valence-corrected chi connectivity index (χ2v) is 10.4. The third kappa shape index (κ3) is 5.06. The van der Waals surface area contributed by atoms with Crippen LogP contribution < -0.4 is 10.6 Å². The second-order valence-electron chi connectivity index (χ2n) is 9.96. The summed E-state index contributed by atoms with van der Waals surface area (Å²) in [5.74, 6) is -0.996. The van der Waals surface area contributed by atoms with Crippen LogP contribution in [0.2, 0.25) is 5.02 Å². The highest BCUT2D eigenvalue weighted by atomic mass is 35.5. The van der Waals surface area contributed by atoms with E-state index in [9.17, 15) is 14.0 Å². The number of benzene rings is 1. The van der Waals surface area contributed by atoms with Gasteiger partial charge in [-0.25, -0.2) is 13.9 Å². The minimum absolute atomic E-state index is 0.0344. The first-order valence-electron chi connectivity index (χ1n) is 11.5. The van der Waals surface area contributed by atoms with Gasteiger partial charge >= 0.3 is 0 Å². The van der Waals surface area contributed by atoms with Gasteiger partial charge in [-0.05, 0) is 56.9 Å². The van der Waals surface area contributed by atoms with E-state index < -0.39 is 5.82 Å². The molecular weight excluding hydrogens is 457 g/mol. The maximum atomic E-state index is 13.2. The Kier molecular flexibility index (Phi) is 6.62. The topological polar surface area (TPSA) is 88.4 Å². The maximum absolute atomic E-state index is 13.2. The fourth-order valence-corrected chi connectivity index (χ4v) is 4.58. The van der Waals surface area contributed by atoms with Gasteiger partial charge in [-0.1, -0.05) is 32.4 Å². The van der Waals surface area contributed by atoms with Crippen molar-refractivity contribution in [2.75, 3.05) is 5.32 Å². The average Bonchev–Trinajstić information content (AvgIpc) is 3.18. The summed E-state index contributed by atoms with van der Waals surface area (Å²) >= 11 is 6.01. The Labute approximate surface area is 203 Å². The van der Waals surface area contributed by atoms with Crippen LogP contribution >= 0.6 is 11.6 Å². The number of nitrogens with zero attached hydrogens (tertiary/aromatic N) is 3. The predicted molar refractivity (Wildman–Crippen MR) is 130 cm³/mol. The molecule has 1 fully saturated rings. The van der Waals surface area contributed by atoms with Crippen molar-refractivity contribution < 1.29 is 14.0 Å². The highest BCUT2D eigenvalue weighted by molar-refractivity contribution is 6.33. The molecule has 9 heteroatoms. The molecule has 0 unspecified atom stereocenters. The van der Waals surface area contributed by atoms with Gasteiger partial charge in [0.15, 0.2) is 5.65 Å². The molecule has 2 aromatic heterocycles. The number of hydrogen-bond donors (Lipinski definition) is 2. The smallest absolute Gasteiger partial charge is 0.256 e. The minimum Gasteiger partial charge on any atom is -0.349 e. The van der Waals surface area contributed by atoms with Crippen LogP contribution in [0.4, 0.5) is 10.1 Å². The number of aryl methyl sites for hydroxylation is 1. The Hall–Kier alpha value is -3.00. The molecule has 1 aliphatic carbocycles. The van der Waals surface area contributed by atoms with Crippen molar-refractivity contribution in [1.82, 2.24) is 19.9 Å². The molecule has 2 N–H and O–H groups in total. The number of nitrogens with one attached hydrogen (secondary N) is 2. The van der Waals surface area contributed by atoms with Crippen LogP contribution in [0.1, 0.15) is 68.2 Å². The average molecular weight is 486 g/mol. The lowest BCUT2D eigenvalue weighted by molar-refractivity contribution is -0.120. The van der Waals surface area contributed by atoms with Crippen molar-refractivity contribution in [3.8, 4) is 0 Å². The molecule has 34 heavy (non-hydrogen) atoms. The zero-order chi connectivity index (χ0) is 24.6. The predicted octanol–water partition coefficient (Wildman–Crippen LogP) is 5.06. The largest absolute Gasteiger partial charge is 0.349 e. The summed E-state index contributed by atoms with van der Waals surface area (Å²) in [5, 5.41) is 10.5. The van der Waals surface area contributed by atoms with Crippen molar-refractivity contribution in [3.63, 3.8) is 0 Å². The first-order valence-corrected chi connectivity index (χ1v) is 11.8. The zero-order valence-corrected chi connectivity index (χ0v) is 20.5. The quantitative estimate of drug-likeness (QED) is 0.541. The molecule has 0 aliphatic heterocycles. The summed E-state index contributed by atoms with van der Waals surface area (Å²) in [6, 6.07) is 5.85. The van der Waals surface area contributed by atoms with E-state index in [1.54, 1.807) is 10.7 Å². The SMILES string of the molecule is Cc1cc(C(C)(C)C)n2ncc(C(=O)NC3CCC(C(=O)Nc4ccc(F)cc4Cl)CC3)c2n1. The lowest BCUT2D eigenvalue weighted by atomic mass is 9.85. The highest BCUT2D eigenvalue weighted by Gasteiger charge is 2.29. The van der Waals surface area contributed by atoms with Crippen molar-refractivity contribution in [2.45, 2.75) is 64.8 Å². The number of anilines is 1. The first-order chi connectivity index (χ1) is 16.0. The van der Waals surface area contributed by atoms with Crippen molar-refractivity contribution in [3.05, 3.63) is 58.3 Å². The van der Waals surface area contributed by atoms with Gasteiger partial charge in [0.2, 0.25) is 5.91 Å². The van der Waals surface area contributed by atoms with Gasteiger partial charge in [0.1, 0.15) is 11.4 Å². The third-order valence-electron chi connectivity index (χ3n) is 6.24. The molecule has 0 saturated heterocycles. The standard InChI is InChI=1S/C25H29ClFN5O2/c1-14-11-21(25(2,3)4)32-22(29-14)18(13-28-32)24(34)30-17-8-5-15(6-9-17)23(33)31-20-10-7-16(27)12-19(20)26/h7,10-13,15,17H,5-6,8-9H2,1-4H3,(H,30,34)(H,31,33). The lowest BCUT2D eigenvalue weighted by Gasteiger charge is -2.28. The van der Waals surface area contributed by atoms with Gasteiger partial charge in [0, 0.05) is 23.1 Å². The molecule has 1 aliphatic rings. The Balaban J connectivity index is 1.39. The number of hydrogen-bond acceptors (Lipinski definition) is 4. The van der Waals surface area contributed by atoms with E-state index >= 15 is 0 Å².